The normalized spacial score (nSPS) is 11.7. The van der Waals surface area contributed by atoms with E-state index in [9.17, 15) is 14.0 Å². The zero-order chi connectivity index (χ0) is 17.7. The molecule has 0 bridgehead atoms. The summed E-state index contributed by atoms with van der Waals surface area (Å²) in [5.41, 5.74) is 0.529. The van der Waals surface area contributed by atoms with Crippen LogP contribution in [-0.2, 0) is 9.53 Å². The highest BCUT2D eigenvalue weighted by Gasteiger charge is 2.16. The van der Waals surface area contributed by atoms with E-state index >= 15 is 0 Å². The molecule has 1 atom stereocenters. The van der Waals surface area contributed by atoms with Gasteiger partial charge in [-0.25, -0.2) is 9.18 Å². The van der Waals surface area contributed by atoms with Gasteiger partial charge in [-0.2, -0.15) is 0 Å². The van der Waals surface area contributed by atoms with Crippen LogP contribution in [0, 0.1) is 5.82 Å². The summed E-state index contributed by atoms with van der Waals surface area (Å²) in [5, 5.41) is 3.44. The second-order valence-corrected chi connectivity index (χ2v) is 5.83. The average molecular weight is 370 g/mol. The third-order valence-corrected chi connectivity index (χ3v) is 3.99. The van der Waals surface area contributed by atoms with Crippen LogP contribution in [0.3, 0.4) is 0 Å². The van der Waals surface area contributed by atoms with Crippen molar-refractivity contribution in [1.82, 2.24) is 5.32 Å². The van der Waals surface area contributed by atoms with Crippen molar-refractivity contribution in [3.05, 3.63) is 69.5 Å². The number of halogens is 3. The van der Waals surface area contributed by atoms with Gasteiger partial charge in [0.1, 0.15) is 5.82 Å². The van der Waals surface area contributed by atoms with Gasteiger partial charge in [0.05, 0.1) is 21.7 Å². The smallest absolute Gasteiger partial charge is 0.341 e. The second kappa shape index (κ2) is 8.13. The van der Waals surface area contributed by atoms with Crippen LogP contribution in [0.25, 0.3) is 0 Å². The number of carbonyl (C=O) groups excluding carboxylic acids is 2. The number of benzene rings is 2. The number of hydrogen-bond donors (Lipinski definition) is 1. The minimum atomic E-state index is -0.898. The molecule has 2 rings (SSSR count). The lowest BCUT2D eigenvalue weighted by Gasteiger charge is -2.15. The molecular weight excluding hydrogens is 356 g/mol. The van der Waals surface area contributed by atoms with Crippen molar-refractivity contribution in [3.8, 4) is 0 Å². The molecule has 0 fully saturated rings. The summed E-state index contributed by atoms with van der Waals surface area (Å²) in [6, 6.07) is 10.0. The lowest BCUT2D eigenvalue weighted by atomic mass is 10.1. The summed E-state index contributed by atoms with van der Waals surface area (Å²) in [6.07, 6.45) is 0. The Morgan fingerprint density at radius 3 is 2.54 bits per heavy atom. The summed E-state index contributed by atoms with van der Waals surface area (Å²) < 4.78 is 18.3. The molecule has 0 unspecified atom stereocenters. The van der Waals surface area contributed by atoms with Crippen LogP contribution in [0.4, 0.5) is 4.39 Å². The minimum Gasteiger partial charge on any atom is -0.452 e. The molecule has 0 aliphatic rings. The zero-order valence-electron chi connectivity index (χ0n) is 12.7. The molecular formula is C17H14Cl2FNO3. The molecule has 0 aromatic heterocycles. The van der Waals surface area contributed by atoms with E-state index in [1.165, 1.54) is 18.2 Å². The van der Waals surface area contributed by atoms with Gasteiger partial charge in [-0.1, -0.05) is 41.4 Å². The fraction of sp³-hybridized carbons (Fsp3) is 0.176. The second-order valence-electron chi connectivity index (χ2n) is 5.02. The molecule has 0 heterocycles. The number of esters is 1. The van der Waals surface area contributed by atoms with Crippen LogP contribution in [0.2, 0.25) is 10.0 Å². The van der Waals surface area contributed by atoms with Crippen LogP contribution < -0.4 is 5.32 Å². The van der Waals surface area contributed by atoms with Crippen molar-refractivity contribution >= 4 is 35.1 Å². The lowest BCUT2D eigenvalue weighted by Crippen LogP contribution is -2.31. The molecule has 126 valence electrons. The summed E-state index contributed by atoms with van der Waals surface area (Å²) >= 11 is 11.8. The summed E-state index contributed by atoms with van der Waals surface area (Å²) in [5.74, 6) is -2.12. The fourth-order valence-corrected chi connectivity index (χ4v) is 2.29. The van der Waals surface area contributed by atoms with E-state index in [1.807, 2.05) is 0 Å². The molecule has 0 radical (unpaired) electrons. The lowest BCUT2D eigenvalue weighted by molar-refractivity contribution is -0.124. The molecule has 4 nitrogen and oxygen atoms in total. The van der Waals surface area contributed by atoms with Gasteiger partial charge in [0.2, 0.25) is 0 Å². The maximum atomic E-state index is 13.4. The monoisotopic (exact) mass is 369 g/mol. The van der Waals surface area contributed by atoms with Gasteiger partial charge in [0, 0.05) is 0 Å². The SMILES string of the molecule is C[C@@H](NC(=O)COC(=O)c1ccccc1F)c1ccc(Cl)c(Cl)c1. The molecule has 1 amide bonds. The van der Waals surface area contributed by atoms with Crippen LogP contribution in [-0.4, -0.2) is 18.5 Å². The molecule has 0 saturated heterocycles. The molecule has 0 saturated carbocycles. The topological polar surface area (TPSA) is 55.4 Å². The van der Waals surface area contributed by atoms with Crippen LogP contribution >= 0.6 is 23.2 Å². The van der Waals surface area contributed by atoms with Crippen molar-refractivity contribution in [2.75, 3.05) is 6.61 Å². The number of ether oxygens (including phenoxy) is 1. The van der Waals surface area contributed by atoms with Crippen LogP contribution in [0.5, 0.6) is 0 Å². The van der Waals surface area contributed by atoms with E-state index in [2.05, 4.69) is 5.32 Å². The van der Waals surface area contributed by atoms with Crippen molar-refractivity contribution in [3.63, 3.8) is 0 Å². The first-order valence-electron chi connectivity index (χ1n) is 7.04. The zero-order valence-corrected chi connectivity index (χ0v) is 14.2. The Morgan fingerprint density at radius 1 is 1.17 bits per heavy atom. The third-order valence-electron chi connectivity index (χ3n) is 3.25. The predicted molar refractivity (Wildman–Crippen MR) is 89.7 cm³/mol. The van der Waals surface area contributed by atoms with Crippen LogP contribution in [0.1, 0.15) is 28.9 Å². The van der Waals surface area contributed by atoms with E-state index in [0.29, 0.717) is 10.0 Å². The molecule has 24 heavy (non-hydrogen) atoms. The Labute approximate surface area is 148 Å². The van der Waals surface area contributed by atoms with Gasteiger partial charge in [-0.05, 0) is 36.8 Å². The van der Waals surface area contributed by atoms with Gasteiger partial charge in [0.15, 0.2) is 6.61 Å². The summed E-state index contributed by atoms with van der Waals surface area (Å²) in [6.45, 7) is 1.23. The van der Waals surface area contributed by atoms with Gasteiger partial charge in [-0.3, -0.25) is 4.79 Å². The predicted octanol–water partition coefficient (Wildman–Crippen LogP) is 4.17. The molecule has 0 aliphatic heterocycles. The minimum absolute atomic E-state index is 0.220. The molecule has 7 heteroatoms. The quantitative estimate of drug-likeness (QED) is 0.804. The highest BCUT2D eigenvalue weighted by atomic mass is 35.5. The van der Waals surface area contributed by atoms with Crippen LogP contribution in [0.15, 0.2) is 42.5 Å². The van der Waals surface area contributed by atoms with Gasteiger partial charge >= 0.3 is 5.97 Å². The molecule has 0 aliphatic carbocycles. The fourth-order valence-electron chi connectivity index (χ4n) is 1.98. The summed E-state index contributed by atoms with van der Waals surface area (Å²) in [4.78, 5) is 23.6. The van der Waals surface area contributed by atoms with Crippen molar-refractivity contribution in [2.24, 2.45) is 0 Å². The Kier molecular flexibility index (Phi) is 6.17. The number of nitrogens with one attached hydrogen (secondary N) is 1. The van der Waals surface area contributed by atoms with E-state index in [4.69, 9.17) is 27.9 Å². The highest BCUT2D eigenvalue weighted by Crippen LogP contribution is 2.25. The molecule has 0 spiro atoms. The van der Waals surface area contributed by atoms with E-state index < -0.39 is 24.3 Å². The van der Waals surface area contributed by atoms with Crippen molar-refractivity contribution in [2.45, 2.75) is 13.0 Å². The van der Waals surface area contributed by atoms with Gasteiger partial charge in [-0.15, -0.1) is 0 Å². The summed E-state index contributed by atoms with van der Waals surface area (Å²) in [7, 11) is 0. The standard InChI is InChI=1S/C17H14Cl2FNO3/c1-10(11-6-7-13(18)14(19)8-11)21-16(22)9-24-17(23)12-4-2-3-5-15(12)20/h2-8,10H,9H2,1H3,(H,21,22)/t10-/m1/s1. The van der Waals surface area contributed by atoms with Crippen molar-refractivity contribution < 1.29 is 18.7 Å². The van der Waals surface area contributed by atoms with Gasteiger partial charge < -0.3 is 10.1 Å². The maximum Gasteiger partial charge on any atom is 0.341 e. The molecule has 2 aromatic rings. The Bertz CT molecular complexity index is 767. The van der Waals surface area contributed by atoms with E-state index in [0.717, 1.165) is 11.6 Å². The van der Waals surface area contributed by atoms with Gasteiger partial charge in [0.25, 0.3) is 5.91 Å². The highest BCUT2D eigenvalue weighted by molar-refractivity contribution is 6.42. The number of carbonyl (C=O) groups is 2. The largest absolute Gasteiger partial charge is 0.452 e. The molecule has 1 N–H and O–H groups in total. The average Bonchev–Trinajstić information content (AvgIpc) is 2.55. The number of rotatable bonds is 5. The first kappa shape index (κ1) is 18.2. The first-order chi connectivity index (χ1) is 11.4. The third kappa shape index (κ3) is 4.69. The van der Waals surface area contributed by atoms with E-state index in [-0.39, 0.29) is 11.6 Å². The molecule has 2 aromatic carbocycles. The van der Waals surface area contributed by atoms with E-state index in [1.54, 1.807) is 25.1 Å². The Balaban J connectivity index is 1.90. The van der Waals surface area contributed by atoms with Crippen molar-refractivity contribution in [1.29, 1.82) is 0 Å². The number of amides is 1. The Morgan fingerprint density at radius 2 is 1.88 bits per heavy atom. The maximum absolute atomic E-state index is 13.4. The Hall–Kier alpha value is -2.11. The first-order valence-corrected chi connectivity index (χ1v) is 7.80. The number of hydrogen-bond acceptors (Lipinski definition) is 3.